The summed E-state index contributed by atoms with van der Waals surface area (Å²) in [4.78, 5) is 41.6. The van der Waals surface area contributed by atoms with Crippen molar-refractivity contribution in [1.82, 2.24) is 15.5 Å². The maximum Gasteiger partial charge on any atom is 0.246 e. The Bertz CT molecular complexity index is 921. The van der Waals surface area contributed by atoms with E-state index in [0.29, 0.717) is 6.54 Å². The van der Waals surface area contributed by atoms with Crippen LogP contribution in [0.15, 0.2) is 42.5 Å². The summed E-state index contributed by atoms with van der Waals surface area (Å²) in [6.45, 7) is 9.85. The Morgan fingerprint density at radius 2 is 1.84 bits per heavy atom. The second-order valence-corrected chi connectivity index (χ2v) is 9.98. The lowest BCUT2D eigenvalue weighted by Crippen LogP contribution is -2.59. The van der Waals surface area contributed by atoms with Gasteiger partial charge in [-0.05, 0) is 40.2 Å². The molecular formula is C24H31N3O4. The molecule has 2 bridgehead atoms. The molecule has 0 aromatic heterocycles. The normalized spacial score (nSPS) is 31.3. The molecule has 7 nitrogen and oxygen atoms in total. The van der Waals surface area contributed by atoms with Gasteiger partial charge in [0, 0.05) is 18.1 Å². The Kier molecular flexibility index (Phi) is 5.20. The van der Waals surface area contributed by atoms with Crippen molar-refractivity contribution in [2.75, 3.05) is 0 Å². The zero-order valence-electron chi connectivity index (χ0n) is 18.7. The van der Waals surface area contributed by atoms with E-state index < -0.39 is 35.1 Å². The number of carbonyl (C=O) groups is 3. The molecule has 1 aromatic rings. The lowest BCUT2D eigenvalue weighted by Gasteiger charge is -2.36. The van der Waals surface area contributed by atoms with Gasteiger partial charge in [0.2, 0.25) is 17.7 Å². The quantitative estimate of drug-likeness (QED) is 0.704. The number of nitrogens with zero attached hydrogens (tertiary/aromatic N) is 1. The molecule has 3 heterocycles. The van der Waals surface area contributed by atoms with Crippen LogP contribution in [-0.4, -0.2) is 51.9 Å². The minimum atomic E-state index is -1.11. The van der Waals surface area contributed by atoms with Gasteiger partial charge < -0.3 is 20.3 Å². The van der Waals surface area contributed by atoms with Gasteiger partial charge in [-0.1, -0.05) is 42.5 Å². The van der Waals surface area contributed by atoms with Crippen molar-refractivity contribution in [3.63, 3.8) is 0 Å². The van der Waals surface area contributed by atoms with E-state index >= 15 is 0 Å². The van der Waals surface area contributed by atoms with Crippen LogP contribution in [0.2, 0.25) is 0 Å². The number of benzene rings is 1. The lowest BCUT2D eigenvalue weighted by atomic mass is 9.74. The van der Waals surface area contributed by atoms with Crippen LogP contribution in [0.3, 0.4) is 0 Å². The number of ether oxygens (including phenoxy) is 1. The molecule has 2 N–H and O–H groups in total. The molecule has 0 aliphatic carbocycles. The molecule has 4 rings (SSSR count). The molecule has 5 atom stereocenters. The summed E-state index contributed by atoms with van der Waals surface area (Å²) in [5.74, 6) is -2.05. The molecule has 0 unspecified atom stereocenters. The third kappa shape index (κ3) is 3.55. The van der Waals surface area contributed by atoms with Crippen molar-refractivity contribution in [2.45, 2.75) is 70.5 Å². The largest absolute Gasteiger partial charge is 0.359 e. The van der Waals surface area contributed by atoms with Crippen LogP contribution in [0.1, 0.15) is 40.2 Å². The first kappa shape index (κ1) is 21.6. The number of likely N-dealkylation sites (tertiary alicyclic amines) is 1. The van der Waals surface area contributed by atoms with E-state index in [-0.39, 0.29) is 23.8 Å². The van der Waals surface area contributed by atoms with E-state index in [4.69, 9.17) is 4.74 Å². The SMILES string of the molecule is CC(C)N1C(=O)[C@@H]2[C@H](C(=O)NCc3ccccc3)[C@H]3C=C[C@@]2(O3)[C@H]1C(=O)NC(C)(C)C. The molecule has 2 fully saturated rings. The number of hydrogen-bond acceptors (Lipinski definition) is 4. The van der Waals surface area contributed by atoms with Crippen LogP contribution >= 0.6 is 0 Å². The van der Waals surface area contributed by atoms with Gasteiger partial charge in [-0.3, -0.25) is 14.4 Å². The standard InChI is InChI=1S/C24H31N3O4/c1-14(2)27-19(21(29)26-23(3,4)5)24-12-11-16(31-24)17(18(24)22(27)30)20(28)25-13-15-9-7-6-8-10-15/h6-12,14,16-19H,13H2,1-5H3,(H,25,28)(H,26,29)/t16-,17-,18+,19-,24+/m1/s1. The molecule has 1 aromatic carbocycles. The maximum atomic E-state index is 13.5. The predicted octanol–water partition coefficient (Wildman–Crippen LogP) is 1.78. The molecule has 3 aliphatic rings. The van der Waals surface area contributed by atoms with E-state index in [0.717, 1.165) is 5.56 Å². The van der Waals surface area contributed by atoms with Gasteiger partial charge in [0.1, 0.15) is 11.6 Å². The van der Waals surface area contributed by atoms with Crippen LogP contribution in [0, 0.1) is 11.8 Å². The molecule has 0 radical (unpaired) electrons. The second kappa shape index (κ2) is 7.48. The van der Waals surface area contributed by atoms with E-state index in [2.05, 4.69) is 10.6 Å². The van der Waals surface area contributed by atoms with Crippen molar-refractivity contribution in [3.05, 3.63) is 48.0 Å². The minimum Gasteiger partial charge on any atom is -0.359 e. The summed E-state index contributed by atoms with van der Waals surface area (Å²) < 4.78 is 6.27. The molecule has 7 heteroatoms. The second-order valence-electron chi connectivity index (χ2n) is 9.98. The number of fused-ring (bicyclic) bond motifs is 1. The molecular weight excluding hydrogens is 394 g/mol. The number of hydrogen-bond donors (Lipinski definition) is 2. The topological polar surface area (TPSA) is 87.7 Å². The number of amides is 3. The molecule has 3 aliphatic heterocycles. The van der Waals surface area contributed by atoms with Crippen LogP contribution in [0.4, 0.5) is 0 Å². The van der Waals surface area contributed by atoms with Gasteiger partial charge >= 0.3 is 0 Å². The van der Waals surface area contributed by atoms with Gasteiger partial charge in [0.25, 0.3) is 0 Å². The highest BCUT2D eigenvalue weighted by Gasteiger charge is 2.73. The number of carbonyl (C=O) groups excluding carboxylic acids is 3. The zero-order valence-corrected chi connectivity index (χ0v) is 18.7. The van der Waals surface area contributed by atoms with Crippen molar-refractivity contribution in [1.29, 1.82) is 0 Å². The van der Waals surface area contributed by atoms with Gasteiger partial charge in [0.15, 0.2) is 0 Å². The Hall–Kier alpha value is -2.67. The van der Waals surface area contributed by atoms with Gasteiger partial charge in [-0.2, -0.15) is 0 Å². The Balaban J connectivity index is 1.62. The fourth-order valence-corrected chi connectivity index (χ4v) is 5.10. The third-order valence-electron chi connectivity index (χ3n) is 6.23. The van der Waals surface area contributed by atoms with E-state index in [9.17, 15) is 14.4 Å². The molecule has 1 spiro atoms. The highest BCUT2D eigenvalue weighted by Crippen LogP contribution is 2.55. The van der Waals surface area contributed by atoms with Crippen molar-refractivity contribution >= 4 is 17.7 Å². The first-order valence-electron chi connectivity index (χ1n) is 10.9. The molecule has 2 saturated heterocycles. The van der Waals surface area contributed by atoms with Crippen LogP contribution < -0.4 is 10.6 Å². The van der Waals surface area contributed by atoms with Gasteiger partial charge in [-0.15, -0.1) is 0 Å². The van der Waals surface area contributed by atoms with Crippen LogP contribution in [0.25, 0.3) is 0 Å². The van der Waals surface area contributed by atoms with Crippen LogP contribution in [-0.2, 0) is 25.7 Å². The zero-order chi connectivity index (χ0) is 22.6. The Labute approximate surface area is 183 Å². The van der Waals surface area contributed by atoms with E-state index in [1.807, 2.05) is 77.1 Å². The number of rotatable bonds is 5. The molecule has 166 valence electrons. The first-order chi connectivity index (χ1) is 14.5. The van der Waals surface area contributed by atoms with Crippen molar-refractivity contribution in [2.24, 2.45) is 11.8 Å². The highest BCUT2D eigenvalue weighted by molar-refractivity contribution is 6.00. The smallest absolute Gasteiger partial charge is 0.246 e. The fourth-order valence-electron chi connectivity index (χ4n) is 5.10. The molecule has 0 saturated carbocycles. The maximum absolute atomic E-state index is 13.5. The van der Waals surface area contributed by atoms with Gasteiger partial charge in [-0.25, -0.2) is 0 Å². The van der Waals surface area contributed by atoms with Crippen LogP contribution in [0.5, 0.6) is 0 Å². The highest BCUT2D eigenvalue weighted by atomic mass is 16.5. The first-order valence-corrected chi connectivity index (χ1v) is 10.9. The monoisotopic (exact) mass is 425 g/mol. The summed E-state index contributed by atoms with van der Waals surface area (Å²) in [7, 11) is 0. The minimum absolute atomic E-state index is 0.198. The lowest BCUT2D eigenvalue weighted by molar-refractivity contribution is -0.144. The van der Waals surface area contributed by atoms with Crippen molar-refractivity contribution < 1.29 is 19.1 Å². The summed E-state index contributed by atoms with van der Waals surface area (Å²) in [6.07, 6.45) is 3.15. The predicted molar refractivity (Wildman–Crippen MR) is 116 cm³/mol. The average molecular weight is 426 g/mol. The fraction of sp³-hybridized carbons (Fsp3) is 0.542. The molecule has 3 amide bonds. The van der Waals surface area contributed by atoms with E-state index in [1.165, 1.54) is 0 Å². The Morgan fingerprint density at radius 1 is 1.16 bits per heavy atom. The summed E-state index contributed by atoms with van der Waals surface area (Å²) >= 11 is 0. The number of nitrogens with one attached hydrogen (secondary N) is 2. The van der Waals surface area contributed by atoms with E-state index in [1.54, 1.807) is 4.90 Å². The third-order valence-corrected chi connectivity index (χ3v) is 6.23. The summed E-state index contributed by atoms with van der Waals surface area (Å²) in [5.41, 5.74) is -0.588. The molecule has 31 heavy (non-hydrogen) atoms. The Morgan fingerprint density at radius 3 is 2.45 bits per heavy atom. The van der Waals surface area contributed by atoms with Crippen molar-refractivity contribution in [3.8, 4) is 0 Å². The summed E-state index contributed by atoms with van der Waals surface area (Å²) in [5, 5.41) is 5.96. The van der Waals surface area contributed by atoms with Gasteiger partial charge in [0.05, 0.1) is 17.9 Å². The summed E-state index contributed by atoms with van der Waals surface area (Å²) in [6, 6.07) is 8.62. The average Bonchev–Trinajstić information content (AvgIpc) is 3.32.